The SMILES string of the molecule is NC(=O)Cc1[nH]ncc1N. The van der Waals surface area contributed by atoms with E-state index in [1.807, 2.05) is 0 Å². The van der Waals surface area contributed by atoms with Crippen LogP contribution in [0.3, 0.4) is 0 Å². The van der Waals surface area contributed by atoms with Gasteiger partial charge in [-0.15, -0.1) is 0 Å². The topological polar surface area (TPSA) is 97.8 Å². The Balaban J connectivity index is 2.74. The second-order valence-electron chi connectivity index (χ2n) is 1.95. The van der Waals surface area contributed by atoms with Gasteiger partial charge in [0.2, 0.25) is 5.91 Å². The van der Waals surface area contributed by atoms with E-state index in [0.717, 1.165) is 0 Å². The number of aromatic nitrogens is 2. The van der Waals surface area contributed by atoms with E-state index in [4.69, 9.17) is 11.5 Å². The summed E-state index contributed by atoms with van der Waals surface area (Å²) in [5.41, 5.74) is 11.3. The van der Waals surface area contributed by atoms with Crippen molar-refractivity contribution in [2.45, 2.75) is 6.42 Å². The maximum Gasteiger partial charge on any atom is 0.223 e. The summed E-state index contributed by atoms with van der Waals surface area (Å²) in [5.74, 6) is -0.420. The van der Waals surface area contributed by atoms with Crippen LogP contribution in [0.25, 0.3) is 0 Å². The van der Waals surface area contributed by atoms with Crippen LogP contribution < -0.4 is 11.5 Å². The molecule has 0 radical (unpaired) electrons. The number of amides is 1. The van der Waals surface area contributed by atoms with Gasteiger partial charge < -0.3 is 11.5 Å². The number of nitrogens with zero attached hydrogens (tertiary/aromatic N) is 1. The van der Waals surface area contributed by atoms with Crippen LogP contribution in [-0.2, 0) is 11.2 Å². The average molecular weight is 140 g/mol. The lowest BCUT2D eigenvalue weighted by Gasteiger charge is -1.91. The lowest BCUT2D eigenvalue weighted by molar-refractivity contribution is -0.117. The molecule has 0 atom stereocenters. The molecule has 0 saturated heterocycles. The number of anilines is 1. The van der Waals surface area contributed by atoms with Crippen LogP contribution in [0, 0.1) is 0 Å². The van der Waals surface area contributed by atoms with E-state index in [1.165, 1.54) is 6.20 Å². The van der Waals surface area contributed by atoms with Crippen molar-refractivity contribution >= 4 is 11.6 Å². The van der Waals surface area contributed by atoms with Crippen molar-refractivity contribution in [3.63, 3.8) is 0 Å². The van der Waals surface area contributed by atoms with Gasteiger partial charge in [0.1, 0.15) is 0 Å². The summed E-state index contributed by atoms with van der Waals surface area (Å²) in [6.07, 6.45) is 1.56. The molecule has 0 aliphatic heterocycles. The van der Waals surface area contributed by atoms with Crippen molar-refractivity contribution in [1.29, 1.82) is 0 Å². The molecular weight excluding hydrogens is 132 g/mol. The van der Waals surface area contributed by atoms with E-state index >= 15 is 0 Å². The number of hydrogen-bond donors (Lipinski definition) is 3. The molecule has 1 amide bonds. The van der Waals surface area contributed by atoms with Crippen molar-refractivity contribution in [2.24, 2.45) is 5.73 Å². The summed E-state index contributed by atoms with van der Waals surface area (Å²) in [6, 6.07) is 0. The summed E-state index contributed by atoms with van der Waals surface area (Å²) < 4.78 is 0. The number of carbonyl (C=O) groups excluding carboxylic acids is 1. The zero-order chi connectivity index (χ0) is 7.56. The highest BCUT2D eigenvalue weighted by Crippen LogP contribution is 2.05. The van der Waals surface area contributed by atoms with Crippen molar-refractivity contribution in [3.05, 3.63) is 11.9 Å². The fraction of sp³-hybridized carbons (Fsp3) is 0.200. The number of nitrogens with one attached hydrogen (secondary N) is 1. The van der Waals surface area contributed by atoms with E-state index in [1.54, 1.807) is 0 Å². The Morgan fingerprint density at radius 2 is 2.50 bits per heavy atom. The quantitative estimate of drug-likeness (QED) is 0.492. The molecule has 5 N–H and O–H groups in total. The van der Waals surface area contributed by atoms with Crippen LogP contribution in [0.15, 0.2) is 6.20 Å². The first-order valence-corrected chi connectivity index (χ1v) is 2.76. The molecule has 1 aromatic heterocycles. The number of primary amides is 1. The van der Waals surface area contributed by atoms with Crippen LogP contribution in [0.4, 0.5) is 5.69 Å². The molecule has 1 rings (SSSR count). The second kappa shape index (κ2) is 2.38. The molecule has 0 aliphatic carbocycles. The number of nitrogen functional groups attached to an aromatic ring is 1. The standard InChI is InChI=1S/C5H8N4O/c6-3-2-8-9-4(3)1-5(7)10/h2H,1,6H2,(H2,7,10)(H,8,9). The monoisotopic (exact) mass is 140 g/mol. The Kier molecular flexibility index (Phi) is 1.57. The third-order valence-electron chi connectivity index (χ3n) is 1.10. The van der Waals surface area contributed by atoms with Crippen molar-refractivity contribution < 1.29 is 4.79 Å². The van der Waals surface area contributed by atoms with Gasteiger partial charge in [0, 0.05) is 0 Å². The molecule has 0 saturated carbocycles. The van der Waals surface area contributed by atoms with Crippen molar-refractivity contribution in [1.82, 2.24) is 10.2 Å². The van der Waals surface area contributed by atoms with E-state index in [0.29, 0.717) is 11.4 Å². The molecule has 54 valence electrons. The lowest BCUT2D eigenvalue weighted by atomic mass is 10.3. The molecule has 0 fully saturated rings. The third-order valence-corrected chi connectivity index (χ3v) is 1.10. The van der Waals surface area contributed by atoms with E-state index in [-0.39, 0.29) is 6.42 Å². The first-order chi connectivity index (χ1) is 4.70. The summed E-state index contributed by atoms with van der Waals surface area (Å²) in [6.45, 7) is 0. The smallest absolute Gasteiger partial charge is 0.223 e. The zero-order valence-electron chi connectivity index (χ0n) is 5.29. The van der Waals surface area contributed by atoms with Gasteiger partial charge in [-0.3, -0.25) is 9.89 Å². The second-order valence-corrected chi connectivity index (χ2v) is 1.95. The molecule has 5 nitrogen and oxygen atoms in total. The number of hydrogen-bond acceptors (Lipinski definition) is 3. The Labute approximate surface area is 57.4 Å². The van der Waals surface area contributed by atoms with E-state index in [9.17, 15) is 4.79 Å². The highest BCUT2D eigenvalue weighted by atomic mass is 16.1. The first-order valence-electron chi connectivity index (χ1n) is 2.76. The van der Waals surface area contributed by atoms with Crippen molar-refractivity contribution in [3.8, 4) is 0 Å². The van der Waals surface area contributed by atoms with Gasteiger partial charge in [0.15, 0.2) is 0 Å². The predicted molar refractivity (Wildman–Crippen MR) is 35.9 cm³/mol. The van der Waals surface area contributed by atoms with Gasteiger partial charge in [-0.2, -0.15) is 5.10 Å². The average Bonchev–Trinajstić information content (AvgIpc) is 2.15. The molecule has 5 heteroatoms. The van der Waals surface area contributed by atoms with Crippen molar-refractivity contribution in [2.75, 3.05) is 5.73 Å². The van der Waals surface area contributed by atoms with Gasteiger partial charge in [0.05, 0.1) is 24.0 Å². The fourth-order valence-corrected chi connectivity index (χ4v) is 0.638. The Morgan fingerprint density at radius 3 is 2.90 bits per heavy atom. The van der Waals surface area contributed by atoms with Crippen LogP contribution >= 0.6 is 0 Å². The zero-order valence-corrected chi connectivity index (χ0v) is 5.29. The van der Waals surface area contributed by atoms with E-state index < -0.39 is 5.91 Å². The van der Waals surface area contributed by atoms with Crippen LogP contribution in [0.1, 0.15) is 5.69 Å². The summed E-state index contributed by atoms with van der Waals surface area (Å²) in [7, 11) is 0. The van der Waals surface area contributed by atoms with Crippen LogP contribution in [-0.4, -0.2) is 16.1 Å². The maximum atomic E-state index is 10.3. The highest BCUT2D eigenvalue weighted by molar-refractivity contribution is 5.77. The fourth-order valence-electron chi connectivity index (χ4n) is 0.638. The van der Waals surface area contributed by atoms with Gasteiger partial charge >= 0.3 is 0 Å². The molecule has 0 unspecified atom stereocenters. The summed E-state index contributed by atoms with van der Waals surface area (Å²) in [4.78, 5) is 10.3. The van der Waals surface area contributed by atoms with Gasteiger partial charge in [-0.25, -0.2) is 0 Å². The minimum atomic E-state index is -0.420. The Morgan fingerprint density at radius 1 is 1.80 bits per heavy atom. The number of nitrogens with two attached hydrogens (primary N) is 2. The molecule has 1 aromatic rings. The summed E-state index contributed by atoms with van der Waals surface area (Å²) in [5, 5.41) is 6.18. The lowest BCUT2D eigenvalue weighted by Crippen LogP contribution is -2.14. The molecule has 0 bridgehead atoms. The molecule has 1 heterocycles. The molecular formula is C5H8N4O. The molecule has 0 aromatic carbocycles. The minimum Gasteiger partial charge on any atom is -0.396 e. The largest absolute Gasteiger partial charge is 0.396 e. The number of carbonyl (C=O) groups is 1. The predicted octanol–water partition coefficient (Wildman–Crippen LogP) is -0.980. The van der Waals surface area contributed by atoms with Crippen LogP contribution in [0.5, 0.6) is 0 Å². The van der Waals surface area contributed by atoms with Gasteiger partial charge in [0.25, 0.3) is 0 Å². The number of rotatable bonds is 2. The minimum absolute atomic E-state index is 0.117. The normalized spacial score (nSPS) is 9.60. The third kappa shape index (κ3) is 1.25. The number of aromatic amines is 1. The van der Waals surface area contributed by atoms with E-state index in [2.05, 4.69) is 10.2 Å². The van der Waals surface area contributed by atoms with Gasteiger partial charge in [-0.1, -0.05) is 0 Å². The maximum absolute atomic E-state index is 10.3. The Bertz CT molecular complexity index is 242. The molecule has 0 aliphatic rings. The molecule has 10 heavy (non-hydrogen) atoms. The molecule has 0 spiro atoms. The van der Waals surface area contributed by atoms with Gasteiger partial charge in [-0.05, 0) is 0 Å². The Hall–Kier alpha value is -1.52. The first kappa shape index (κ1) is 6.60. The number of H-pyrrole nitrogens is 1. The highest BCUT2D eigenvalue weighted by Gasteiger charge is 2.03. The summed E-state index contributed by atoms with van der Waals surface area (Å²) >= 11 is 0. The van der Waals surface area contributed by atoms with Crippen LogP contribution in [0.2, 0.25) is 0 Å².